The molecule has 0 aromatic rings. The highest BCUT2D eigenvalue weighted by Gasteiger charge is 2.26. The highest BCUT2D eigenvalue weighted by molar-refractivity contribution is 5.76. The third kappa shape index (κ3) is 6.76. The molecular formula is C11H24N2O3. The van der Waals surface area contributed by atoms with Crippen LogP contribution in [0.3, 0.4) is 0 Å². The summed E-state index contributed by atoms with van der Waals surface area (Å²) in [4.78, 5) is 11.8. The summed E-state index contributed by atoms with van der Waals surface area (Å²) in [6.45, 7) is 10.3. The van der Waals surface area contributed by atoms with E-state index in [1.165, 1.54) is 0 Å². The van der Waals surface area contributed by atoms with Crippen molar-refractivity contribution in [2.24, 2.45) is 5.92 Å². The first kappa shape index (κ1) is 15.3. The Morgan fingerprint density at radius 3 is 2.25 bits per heavy atom. The molecule has 96 valence electrons. The number of esters is 1. The van der Waals surface area contributed by atoms with Crippen molar-refractivity contribution in [3.63, 3.8) is 0 Å². The maximum Gasteiger partial charge on any atom is 0.323 e. The van der Waals surface area contributed by atoms with Crippen molar-refractivity contribution >= 4 is 5.97 Å². The van der Waals surface area contributed by atoms with Crippen LogP contribution in [-0.4, -0.2) is 35.9 Å². The molecule has 0 saturated carbocycles. The van der Waals surface area contributed by atoms with Gasteiger partial charge in [0.2, 0.25) is 0 Å². The molecule has 0 bridgehead atoms. The van der Waals surface area contributed by atoms with Crippen LogP contribution in [-0.2, 0) is 9.53 Å². The first-order valence-corrected chi connectivity index (χ1v) is 5.61. The fraction of sp³-hybridized carbons (Fsp3) is 0.909. The van der Waals surface area contributed by atoms with Crippen molar-refractivity contribution in [3.8, 4) is 0 Å². The lowest BCUT2D eigenvalue weighted by molar-refractivity contribution is -0.158. The van der Waals surface area contributed by atoms with Gasteiger partial charge in [-0.2, -0.15) is 0 Å². The van der Waals surface area contributed by atoms with E-state index in [0.29, 0.717) is 13.1 Å². The number of nitrogens with one attached hydrogen (secondary N) is 2. The highest BCUT2D eigenvalue weighted by atomic mass is 16.6. The predicted molar refractivity (Wildman–Crippen MR) is 62.3 cm³/mol. The number of hydrogen-bond acceptors (Lipinski definition) is 5. The normalized spacial score (nSPS) is 13.9. The van der Waals surface area contributed by atoms with Crippen molar-refractivity contribution < 1.29 is 14.7 Å². The molecule has 0 saturated heterocycles. The highest BCUT2D eigenvalue weighted by Crippen LogP contribution is 2.12. The van der Waals surface area contributed by atoms with Crippen LogP contribution in [0, 0.1) is 5.92 Å². The Kier molecular flexibility index (Phi) is 6.55. The van der Waals surface area contributed by atoms with Gasteiger partial charge in [0.1, 0.15) is 11.6 Å². The molecule has 0 aliphatic carbocycles. The molecule has 5 nitrogen and oxygen atoms in total. The Bertz CT molecular complexity index is 212. The molecule has 0 unspecified atom stereocenters. The number of carbonyl (C=O) groups is 1. The van der Waals surface area contributed by atoms with Crippen molar-refractivity contribution in [2.75, 3.05) is 13.1 Å². The number of hydrogen-bond donors (Lipinski definition) is 3. The summed E-state index contributed by atoms with van der Waals surface area (Å²) >= 11 is 0. The lowest BCUT2D eigenvalue weighted by Gasteiger charge is -2.26. The minimum atomic E-state index is -0.471. The second-order valence-corrected chi connectivity index (χ2v) is 5.12. The van der Waals surface area contributed by atoms with Crippen LogP contribution < -0.4 is 10.8 Å². The van der Waals surface area contributed by atoms with Gasteiger partial charge >= 0.3 is 5.97 Å². The van der Waals surface area contributed by atoms with E-state index < -0.39 is 5.60 Å². The Morgan fingerprint density at radius 1 is 1.31 bits per heavy atom. The van der Waals surface area contributed by atoms with Crippen molar-refractivity contribution in [1.82, 2.24) is 10.8 Å². The smallest absolute Gasteiger partial charge is 0.323 e. The zero-order chi connectivity index (χ0) is 12.8. The van der Waals surface area contributed by atoms with Crippen LogP contribution in [0.5, 0.6) is 0 Å². The van der Waals surface area contributed by atoms with Gasteiger partial charge in [0.05, 0.1) is 0 Å². The predicted octanol–water partition coefficient (Wildman–Crippen LogP) is 0.921. The zero-order valence-corrected chi connectivity index (χ0v) is 10.8. The fourth-order valence-electron chi connectivity index (χ4n) is 1.24. The van der Waals surface area contributed by atoms with Crippen LogP contribution in [0.4, 0.5) is 0 Å². The quantitative estimate of drug-likeness (QED) is 0.361. The SMILES string of the molecule is CC(C)[C@H](NCCNO)C(=O)OC(C)(C)C. The summed E-state index contributed by atoms with van der Waals surface area (Å²) < 4.78 is 5.31. The molecule has 0 amide bonds. The van der Waals surface area contributed by atoms with Crippen molar-refractivity contribution in [1.29, 1.82) is 0 Å². The molecular weight excluding hydrogens is 208 g/mol. The van der Waals surface area contributed by atoms with Gasteiger partial charge in [0, 0.05) is 13.1 Å². The molecule has 0 aromatic carbocycles. The summed E-state index contributed by atoms with van der Waals surface area (Å²) in [7, 11) is 0. The van der Waals surface area contributed by atoms with Crippen LogP contribution in [0.1, 0.15) is 34.6 Å². The maximum absolute atomic E-state index is 11.8. The molecule has 0 spiro atoms. The molecule has 0 aromatic heterocycles. The Labute approximate surface area is 97.5 Å². The summed E-state index contributed by atoms with van der Waals surface area (Å²) in [5, 5.41) is 11.5. The van der Waals surface area contributed by atoms with Gasteiger partial charge in [-0.1, -0.05) is 13.8 Å². The second-order valence-electron chi connectivity index (χ2n) is 5.12. The average molecular weight is 232 g/mol. The average Bonchev–Trinajstić information content (AvgIpc) is 2.08. The lowest BCUT2D eigenvalue weighted by Crippen LogP contribution is -2.46. The minimum absolute atomic E-state index is 0.147. The summed E-state index contributed by atoms with van der Waals surface area (Å²) in [6, 6.07) is -0.340. The van der Waals surface area contributed by atoms with Gasteiger partial charge in [-0.3, -0.25) is 4.79 Å². The van der Waals surface area contributed by atoms with Gasteiger partial charge < -0.3 is 15.3 Å². The first-order valence-electron chi connectivity index (χ1n) is 5.61. The molecule has 0 heterocycles. The van der Waals surface area contributed by atoms with Gasteiger partial charge in [0.15, 0.2) is 0 Å². The van der Waals surface area contributed by atoms with Crippen LogP contribution in [0.25, 0.3) is 0 Å². The monoisotopic (exact) mass is 232 g/mol. The van der Waals surface area contributed by atoms with E-state index in [2.05, 4.69) is 5.32 Å². The third-order valence-corrected chi connectivity index (χ3v) is 1.93. The summed E-state index contributed by atoms with van der Waals surface area (Å²) in [6.07, 6.45) is 0. The molecule has 1 atom stereocenters. The minimum Gasteiger partial charge on any atom is -0.459 e. The molecule has 16 heavy (non-hydrogen) atoms. The van der Waals surface area contributed by atoms with Crippen LogP contribution in [0.2, 0.25) is 0 Å². The molecule has 0 fully saturated rings. The molecule has 3 N–H and O–H groups in total. The molecule has 0 rings (SSSR count). The Hall–Kier alpha value is -0.650. The van der Waals surface area contributed by atoms with Crippen LogP contribution >= 0.6 is 0 Å². The third-order valence-electron chi connectivity index (χ3n) is 1.93. The lowest BCUT2D eigenvalue weighted by atomic mass is 10.0. The van der Waals surface area contributed by atoms with Gasteiger partial charge in [-0.15, -0.1) is 0 Å². The van der Waals surface area contributed by atoms with E-state index in [1.807, 2.05) is 40.1 Å². The van der Waals surface area contributed by atoms with Gasteiger partial charge in [-0.25, -0.2) is 5.48 Å². The van der Waals surface area contributed by atoms with E-state index in [-0.39, 0.29) is 17.9 Å². The number of carbonyl (C=O) groups excluding carboxylic acids is 1. The van der Waals surface area contributed by atoms with E-state index in [1.54, 1.807) is 0 Å². The standard InChI is InChI=1S/C11H24N2O3/c1-8(2)9(12-6-7-13-15)10(14)16-11(3,4)5/h8-9,12-13,15H,6-7H2,1-5H3/t9-/m0/s1. The summed E-state index contributed by atoms with van der Waals surface area (Å²) in [5.41, 5.74) is 1.56. The van der Waals surface area contributed by atoms with Gasteiger partial charge in [0.25, 0.3) is 0 Å². The molecule has 0 radical (unpaired) electrons. The van der Waals surface area contributed by atoms with E-state index in [0.717, 1.165) is 0 Å². The second kappa shape index (κ2) is 6.83. The van der Waals surface area contributed by atoms with E-state index >= 15 is 0 Å². The largest absolute Gasteiger partial charge is 0.459 e. The van der Waals surface area contributed by atoms with Crippen molar-refractivity contribution in [3.05, 3.63) is 0 Å². The van der Waals surface area contributed by atoms with E-state index in [4.69, 9.17) is 9.94 Å². The number of ether oxygens (including phenoxy) is 1. The molecule has 0 aliphatic rings. The maximum atomic E-state index is 11.8. The zero-order valence-electron chi connectivity index (χ0n) is 10.8. The Balaban J connectivity index is 4.25. The first-order chi connectivity index (χ1) is 7.28. The number of hydroxylamine groups is 1. The van der Waals surface area contributed by atoms with Crippen molar-refractivity contribution in [2.45, 2.75) is 46.3 Å². The van der Waals surface area contributed by atoms with Gasteiger partial charge in [-0.05, 0) is 26.7 Å². The fourth-order valence-corrected chi connectivity index (χ4v) is 1.24. The topological polar surface area (TPSA) is 70.6 Å². The molecule has 0 aliphatic heterocycles. The van der Waals surface area contributed by atoms with Crippen LogP contribution in [0.15, 0.2) is 0 Å². The van der Waals surface area contributed by atoms with E-state index in [9.17, 15) is 4.79 Å². The molecule has 5 heteroatoms. The number of rotatable bonds is 6. The Morgan fingerprint density at radius 2 is 1.88 bits per heavy atom. The summed E-state index contributed by atoms with van der Waals surface area (Å²) in [5.74, 6) is -0.103.